The Morgan fingerprint density at radius 1 is 0.933 bits per heavy atom. The number of aromatic nitrogens is 4. The molecule has 0 aromatic carbocycles. The SMILES string of the molecule is Nc1ncnc2c1ncn2C1OC(COC2OC(CO)C(O)C(O)C2O)C(O)C1O. The van der Waals surface area contributed by atoms with E-state index in [1.54, 1.807) is 0 Å². The van der Waals surface area contributed by atoms with Crippen molar-refractivity contribution in [2.45, 2.75) is 55.2 Å². The minimum absolute atomic E-state index is 0.147. The molecule has 2 fully saturated rings. The maximum absolute atomic E-state index is 10.4. The van der Waals surface area contributed by atoms with E-state index in [0.29, 0.717) is 11.2 Å². The maximum atomic E-state index is 10.4. The van der Waals surface area contributed by atoms with Crippen molar-refractivity contribution >= 4 is 17.0 Å². The molecule has 14 heteroatoms. The van der Waals surface area contributed by atoms with E-state index in [-0.39, 0.29) is 12.4 Å². The Hall–Kier alpha value is -2.01. The van der Waals surface area contributed by atoms with Crippen molar-refractivity contribution in [3.8, 4) is 0 Å². The van der Waals surface area contributed by atoms with Crippen molar-refractivity contribution in [2.75, 3.05) is 18.9 Å². The number of hydrogen-bond donors (Lipinski definition) is 7. The first-order valence-corrected chi connectivity index (χ1v) is 9.20. The summed E-state index contributed by atoms with van der Waals surface area (Å²) in [4.78, 5) is 12.0. The van der Waals surface area contributed by atoms with Gasteiger partial charge in [0.25, 0.3) is 0 Å². The lowest BCUT2D eigenvalue weighted by molar-refractivity contribution is -0.306. The van der Waals surface area contributed by atoms with Crippen LogP contribution in [0.25, 0.3) is 11.2 Å². The Morgan fingerprint density at radius 2 is 1.67 bits per heavy atom. The summed E-state index contributed by atoms with van der Waals surface area (Å²) in [6.45, 7) is -0.936. The minimum Gasteiger partial charge on any atom is -0.394 e. The monoisotopic (exact) mass is 429 g/mol. The molecule has 2 aliphatic heterocycles. The molecule has 2 aromatic rings. The standard InChI is InChI=1S/C16H23N5O9/c17-13-7-14(19-3-18-13)21(4-20-7)15-11(26)9(24)6(29-15)2-28-16-12(27)10(25)8(23)5(1-22)30-16/h3-6,8-12,15-16,22-27H,1-2H2,(H2,17,18,19). The van der Waals surface area contributed by atoms with Gasteiger partial charge in [-0.15, -0.1) is 0 Å². The number of fused-ring (bicyclic) bond motifs is 1. The van der Waals surface area contributed by atoms with Crippen LogP contribution in [0.1, 0.15) is 6.23 Å². The molecule has 166 valence electrons. The van der Waals surface area contributed by atoms with Crippen LogP contribution in [-0.2, 0) is 14.2 Å². The van der Waals surface area contributed by atoms with E-state index in [1.807, 2.05) is 0 Å². The Kier molecular flexibility index (Phi) is 5.84. The molecule has 0 saturated carbocycles. The van der Waals surface area contributed by atoms with E-state index >= 15 is 0 Å². The lowest BCUT2D eigenvalue weighted by Crippen LogP contribution is -2.59. The number of anilines is 1. The molecule has 9 unspecified atom stereocenters. The van der Waals surface area contributed by atoms with Crippen LogP contribution in [0.2, 0.25) is 0 Å². The van der Waals surface area contributed by atoms with Gasteiger partial charge in [-0.1, -0.05) is 0 Å². The van der Waals surface area contributed by atoms with Gasteiger partial charge < -0.3 is 50.6 Å². The van der Waals surface area contributed by atoms with Gasteiger partial charge in [-0.05, 0) is 0 Å². The lowest BCUT2D eigenvalue weighted by atomic mass is 9.99. The molecule has 14 nitrogen and oxygen atoms in total. The van der Waals surface area contributed by atoms with Gasteiger partial charge >= 0.3 is 0 Å². The highest BCUT2D eigenvalue weighted by molar-refractivity contribution is 5.81. The van der Waals surface area contributed by atoms with Crippen molar-refractivity contribution in [3.05, 3.63) is 12.7 Å². The molecule has 9 atom stereocenters. The van der Waals surface area contributed by atoms with Gasteiger partial charge in [0.2, 0.25) is 0 Å². The third kappa shape index (κ3) is 3.51. The molecule has 4 rings (SSSR count). The number of rotatable bonds is 5. The smallest absolute Gasteiger partial charge is 0.186 e. The van der Waals surface area contributed by atoms with Gasteiger partial charge in [-0.3, -0.25) is 4.57 Å². The van der Waals surface area contributed by atoms with Crippen molar-refractivity contribution in [2.24, 2.45) is 0 Å². The quantitative estimate of drug-likeness (QED) is 0.240. The largest absolute Gasteiger partial charge is 0.394 e. The van der Waals surface area contributed by atoms with Crippen LogP contribution in [0.3, 0.4) is 0 Å². The van der Waals surface area contributed by atoms with Gasteiger partial charge in [0, 0.05) is 0 Å². The second-order valence-electron chi connectivity index (χ2n) is 7.16. The first kappa shape index (κ1) is 21.2. The van der Waals surface area contributed by atoms with Crippen LogP contribution in [-0.4, -0.2) is 112 Å². The van der Waals surface area contributed by atoms with Gasteiger partial charge in [-0.2, -0.15) is 0 Å². The molecule has 2 aromatic heterocycles. The zero-order valence-electron chi connectivity index (χ0n) is 15.5. The second-order valence-corrected chi connectivity index (χ2v) is 7.16. The number of aliphatic hydroxyl groups is 6. The summed E-state index contributed by atoms with van der Waals surface area (Å²) in [5.74, 6) is 0.147. The van der Waals surface area contributed by atoms with Gasteiger partial charge in [0.05, 0.1) is 19.5 Å². The van der Waals surface area contributed by atoms with Crippen LogP contribution in [0.5, 0.6) is 0 Å². The summed E-state index contributed by atoms with van der Waals surface area (Å²) in [6, 6.07) is 0. The summed E-state index contributed by atoms with van der Waals surface area (Å²) in [6.07, 6.45) is -9.48. The Balaban J connectivity index is 1.45. The fourth-order valence-electron chi connectivity index (χ4n) is 3.55. The Bertz CT molecular complexity index is 882. The van der Waals surface area contributed by atoms with Crippen LogP contribution in [0, 0.1) is 0 Å². The number of nitrogen functional groups attached to an aromatic ring is 1. The van der Waals surface area contributed by atoms with E-state index in [9.17, 15) is 30.6 Å². The topological polar surface area (TPSA) is 219 Å². The zero-order chi connectivity index (χ0) is 21.6. The van der Waals surface area contributed by atoms with Crippen molar-refractivity contribution < 1.29 is 44.8 Å². The van der Waals surface area contributed by atoms with Crippen LogP contribution in [0.15, 0.2) is 12.7 Å². The fourth-order valence-corrected chi connectivity index (χ4v) is 3.55. The molecule has 0 amide bonds. The number of nitrogens with zero attached hydrogens (tertiary/aromatic N) is 4. The van der Waals surface area contributed by atoms with Gasteiger partial charge in [0.15, 0.2) is 24.0 Å². The van der Waals surface area contributed by atoms with E-state index in [2.05, 4.69) is 15.0 Å². The van der Waals surface area contributed by atoms with E-state index < -0.39 is 61.9 Å². The van der Waals surface area contributed by atoms with Crippen molar-refractivity contribution in [3.63, 3.8) is 0 Å². The van der Waals surface area contributed by atoms with Crippen LogP contribution < -0.4 is 5.73 Å². The Labute approximate surface area is 169 Å². The number of aliphatic hydroxyl groups excluding tert-OH is 6. The molecule has 2 aliphatic rings. The molecule has 4 heterocycles. The number of imidazole rings is 1. The maximum Gasteiger partial charge on any atom is 0.186 e. The fraction of sp³-hybridized carbons (Fsp3) is 0.688. The summed E-state index contributed by atoms with van der Waals surface area (Å²) in [5.41, 5.74) is 6.36. The summed E-state index contributed by atoms with van der Waals surface area (Å²) < 4.78 is 17.7. The van der Waals surface area contributed by atoms with Crippen LogP contribution in [0.4, 0.5) is 5.82 Å². The second kappa shape index (κ2) is 8.26. The molecule has 8 N–H and O–H groups in total. The minimum atomic E-state index is -1.60. The molecule has 30 heavy (non-hydrogen) atoms. The van der Waals surface area contributed by atoms with Gasteiger partial charge in [-0.25, -0.2) is 15.0 Å². The molecule has 0 aliphatic carbocycles. The molecule has 2 saturated heterocycles. The average Bonchev–Trinajstić information content (AvgIpc) is 3.28. The predicted molar refractivity (Wildman–Crippen MR) is 95.4 cm³/mol. The third-order valence-electron chi connectivity index (χ3n) is 5.27. The molecule has 0 spiro atoms. The number of nitrogens with two attached hydrogens (primary N) is 1. The van der Waals surface area contributed by atoms with Crippen molar-refractivity contribution in [1.82, 2.24) is 19.5 Å². The summed E-state index contributed by atoms with van der Waals surface area (Å²) in [5, 5.41) is 59.7. The summed E-state index contributed by atoms with van der Waals surface area (Å²) >= 11 is 0. The Morgan fingerprint density at radius 3 is 2.40 bits per heavy atom. The highest BCUT2D eigenvalue weighted by Crippen LogP contribution is 2.32. The highest BCUT2D eigenvalue weighted by atomic mass is 16.7. The molecular formula is C16H23N5O9. The zero-order valence-corrected chi connectivity index (χ0v) is 15.5. The van der Waals surface area contributed by atoms with E-state index in [1.165, 1.54) is 17.2 Å². The number of hydrogen-bond acceptors (Lipinski definition) is 13. The van der Waals surface area contributed by atoms with Gasteiger partial charge in [0.1, 0.15) is 54.6 Å². The summed E-state index contributed by atoms with van der Waals surface area (Å²) in [7, 11) is 0. The third-order valence-corrected chi connectivity index (χ3v) is 5.27. The predicted octanol–water partition coefficient (Wildman–Crippen LogP) is -4.16. The van der Waals surface area contributed by atoms with E-state index in [0.717, 1.165) is 0 Å². The highest BCUT2D eigenvalue weighted by Gasteiger charge is 2.47. The number of ether oxygens (including phenoxy) is 3. The van der Waals surface area contributed by atoms with E-state index in [4.69, 9.17) is 19.9 Å². The first-order valence-electron chi connectivity index (χ1n) is 9.20. The molecular weight excluding hydrogens is 406 g/mol. The molecule has 0 bridgehead atoms. The van der Waals surface area contributed by atoms with Crippen LogP contribution >= 0.6 is 0 Å². The lowest BCUT2D eigenvalue weighted by Gasteiger charge is -2.39. The average molecular weight is 429 g/mol. The molecule has 0 radical (unpaired) electrons. The normalized spacial score (nSPS) is 39.6. The van der Waals surface area contributed by atoms with Crippen molar-refractivity contribution in [1.29, 1.82) is 0 Å². The first-order chi connectivity index (χ1) is 14.3.